The summed E-state index contributed by atoms with van der Waals surface area (Å²) < 4.78 is 32.4. The number of fused-ring (bicyclic) bond motifs is 2. The predicted octanol–water partition coefficient (Wildman–Crippen LogP) is 9.36. The molecule has 1 amide bonds. The van der Waals surface area contributed by atoms with Crippen molar-refractivity contribution in [3.05, 3.63) is 143 Å². The number of oxime groups is 1. The maximum Gasteiger partial charge on any atom is 0.410 e. The van der Waals surface area contributed by atoms with Crippen LogP contribution < -0.4 is 9.47 Å². The molecule has 4 aromatic carbocycles. The summed E-state index contributed by atoms with van der Waals surface area (Å²) in [5, 5.41) is 45.8. The van der Waals surface area contributed by atoms with Gasteiger partial charge in [-0.3, -0.25) is 15.0 Å². The fraction of sp³-hybridized carbons (Fsp3) is 0.434. The van der Waals surface area contributed by atoms with E-state index in [-0.39, 0.29) is 89.3 Å². The largest absolute Gasteiger partial charge is 0.459 e. The Balaban J connectivity index is 1.39. The van der Waals surface area contributed by atoms with Gasteiger partial charge in [0.2, 0.25) is 5.79 Å². The van der Waals surface area contributed by atoms with E-state index in [9.17, 15) is 30.2 Å². The predicted molar refractivity (Wildman–Crippen MR) is 256 cm³/mol. The maximum atomic E-state index is 14.3. The van der Waals surface area contributed by atoms with Crippen LogP contribution in [0.1, 0.15) is 68.9 Å². The van der Waals surface area contributed by atoms with Crippen LogP contribution in [0.5, 0.6) is 17.2 Å². The number of aliphatic hydroxyl groups excluding tert-OH is 3. The smallest absolute Gasteiger partial charge is 0.410 e. The third-order valence-electron chi connectivity index (χ3n) is 13.0. The molecule has 3 N–H and O–H groups in total. The number of allylic oxidation sites excluding steroid dienone is 1. The van der Waals surface area contributed by atoms with Gasteiger partial charge in [-0.15, -0.1) is 6.58 Å². The lowest BCUT2D eigenvalue weighted by atomic mass is 9.55. The lowest BCUT2D eigenvalue weighted by Crippen LogP contribution is -2.70. The summed E-state index contributed by atoms with van der Waals surface area (Å²) in [7, 11) is 0. The van der Waals surface area contributed by atoms with Crippen molar-refractivity contribution in [3.63, 3.8) is 0 Å². The lowest BCUT2D eigenvalue weighted by molar-refractivity contribution is -0.384. The van der Waals surface area contributed by atoms with Crippen LogP contribution in [0, 0.1) is 27.9 Å². The van der Waals surface area contributed by atoms with E-state index in [2.05, 4.69) is 24.8 Å². The number of hydrogen-bond donors (Lipinski definition) is 3. The van der Waals surface area contributed by atoms with Gasteiger partial charge in [0, 0.05) is 49.8 Å². The molecular weight excluding hydrogens is 871 g/mol. The summed E-state index contributed by atoms with van der Waals surface area (Å²) in [6, 6.07) is 29.1. The zero-order valence-corrected chi connectivity index (χ0v) is 38.7. The molecule has 0 spiro atoms. The highest BCUT2D eigenvalue weighted by atomic mass is 16.7. The van der Waals surface area contributed by atoms with Crippen LogP contribution in [-0.4, -0.2) is 102 Å². The third kappa shape index (κ3) is 11.6. The van der Waals surface area contributed by atoms with E-state index in [0.717, 1.165) is 47.9 Å². The lowest BCUT2D eigenvalue weighted by Gasteiger charge is -2.59. The molecule has 0 radical (unpaired) electrons. The average molecular weight is 934 g/mol. The molecule has 6 unspecified atom stereocenters. The molecular formula is C53H63N3O12. The molecule has 1 aliphatic heterocycles. The second-order valence-electron chi connectivity index (χ2n) is 17.2. The van der Waals surface area contributed by atoms with E-state index < -0.39 is 28.8 Å². The average Bonchev–Trinajstić information content (AvgIpc) is 3.35. The molecule has 7 rings (SSSR count). The van der Waals surface area contributed by atoms with Crippen LogP contribution in [0.2, 0.25) is 0 Å². The van der Waals surface area contributed by atoms with Gasteiger partial charge < -0.3 is 43.8 Å². The van der Waals surface area contributed by atoms with Crippen molar-refractivity contribution in [1.82, 2.24) is 4.90 Å². The summed E-state index contributed by atoms with van der Waals surface area (Å²) in [5.41, 5.74) is 5.07. The van der Waals surface area contributed by atoms with Crippen LogP contribution in [0.25, 0.3) is 11.1 Å². The number of nitro benzene ring substituents is 1. The van der Waals surface area contributed by atoms with Crippen LogP contribution in [0.4, 0.5) is 10.5 Å². The number of benzene rings is 4. The fourth-order valence-electron chi connectivity index (χ4n) is 10.0. The first-order chi connectivity index (χ1) is 33.2. The monoisotopic (exact) mass is 933 g/mol. The number of unbranched alkanes of at least 4 members (excludes halogenated alkanes) is 2. The van der Waals surface area contributed by atoms with Crippen LogP contribution in [0.15, 0.2) is 127 Å². The number of carbonyl (C=O) groups is 1. The molecule has 0 aromatic heterocycles. The first kappa shape index (κ1) is 49.8. The first-order valence-electron chi connectivity index (χ1n) is 23.6. The van der Waals surface area contributed by atoms with Gasteiger partial charge in [-0.2, -0.15) is 0 Å². The van der Waals surface area contributed by atoms with E-state index in [4.69, 9.17) is 33.7 Å². The first-order valence-corrected chi connectivity index (χ1v) is 23.6. The van der Waals surface area contributed by atoms with E-state index in [1.165, 1.54) is 12.1 Å². The molecule has 4 aromatic rings. The van der Waals surface area contributed by atoms with Gasteiger partial charge >= 0.3 is 6.09 Å². The number of carbonyl (C=O) groups excluding carboxylic acids is 1. The molecule has 1 heterocycles. The van der Waals surface area contributed by atoms with Crippen molar-refractivity contribution in [3.8, 4) is 28.4 Å². The quantitative estimate of drug-likeness (QED) is 0.0247. The van der Waals surface area contributed by atoms with Crippen LogP contribution >= 0.6 is 0 Å². The molecule has 6 atom stereocenters. The summed E-state index contributed by atoms with van der Waals surface area (Å²) in [5.74, 6) is -0.691. The van der Waals surface area contributed by atoms with Gasteiger partial charge in [0.25, 0.3) is 5.69 Å². The minimum absolute atomic E-state index is 0.0122. The maximum absolute atomic E-state index is 14.3. The number of non-ortho nitro benzene ring substituents is 1. The molecule has 15 heteroatoms. The molecule has 362 valence electrons. The Morgan fingerprint density at radius 3 is 2.32 bits per heavy atom. The van der Waals surface area contributed by atoms with Crippen molar-refractivity contribution in [1.29, 1.82) is 0 Å². The van der Waals surface area contributed by atoms with Crippen molar-refractivity contribution in [2.45, 2.75) is 76.2 Å². The zero-order valence-electron chi connectivity index (χ0n) is 38.7. The van der Waals surface area contributed by atoms with E-state index in [1.807, 2.05) is 60.7 Å². The molecule has 1 fully saturated rings. The SMILES string of the molecule is C=CCOC12Oc3ccc(Oc4ccc(-c5ccccc5)cc4)cc3C3C(CCCCO)C(CCCCO)C=C(C(=NOCc4ccc([N+](=O)[O-])cc4)CC1N(CCOCCO)C(=O)OCC)C32. The summed E-state index contributed by atoms with van der Waals surface area (Å²) in [6.07, 6.45) is 7.63. The third-order valence-corrected chi connectivity index (χ3v) is 13.0. The summed E-state index contributed by atoms with van der Waals surface area (Å²) >= 11 is 0. The Morgan fingerprint density at radius 2 is 1.63 bits per heavy atom. The van der Waals surface area contributed by atoms with Crippen molar-refractivity contribution >= 4 is 17.5 Å². The molecule has 15 nitrogen and oxygen atoms in total. The molecule has 3 aliphatic rings. The highest BCUT2D eigenvalue weighted by Crippen LogP contribution is 2.62. The number of ether oxygens (including phenoxy) is 5. The van der Waals surface area contributed by atoms with Crippen LogP contribution in [0.3, 0.4) is 0 Å². The number of amides is 1. The second kappa shape index (κ2) is 24.3. The number of aliphatic hydroxyl groups is 3. The molecule has 0 bridgehead atoms. The van der Waals surface area contributed by atoms with Gasteiger partial charge in [-0.05, 0) is 109 Å². The zero-order chi connectivity index (χ0) is 47.9. The Bertz CT molecular complexity index is 2340. The van der Waals surface area contributed by atoms with Gasteiger partial charge in [-0.1, -0.05) is 72.6 Å². The number of nitro groups is 1. The van der Waals surface area contributed by atoms with Gasteiger partial charge in [0.1, 0.15) is 29.9 Å². The molecule has 68 heavy (non-hydrogen) atoms. The standard InChI is InChI=1S/C53H63N3O12/c1-3-30-65-53-49(55(52(60)64-4-2)26-31-63-32-29-59)35-47(54-66-36-37-16-20-41(21-17-37)56(61)62)45-33-40(14-8-10-27-57)44(15-9-11-28-58)50(51(45)53)46-34-43(24-25-48(46)68-53)67-42-22-18-39(19-23-42)38-12-6-5-7-13-38/h3,5-7,12-13,16-25,33-34,40,44,49-51,57-59H,1,4,8-11,14-15,26-32,35-36H2,2H3. The van der Waals surface area contributed by atoms with Gasteiger partial charge in [0.15, 0.2) is 0 Å². The van der Waals surface area contributed by atoms with Crippen molar-refractivity contribution in [2.24, 2.45) is 22.9 Å². The van der Waals surface area contributed by atoms with E-state index in [0.29, 0.717) is 41.4 Å². The Labute approximate surface area is 397 Å². The summed E-state index contributed by atoms with van der Waals surface area (Å²) in [4.78, 5) is 32.9. The molecule has 2 aliphatic carbocycles. The molecule has 0 saturated heterocycles. The van der Waals surface area contributed by atoms with Gasteiger partial charge in [-0.25, -0.2) is 4.79 Å². The Kier molecular flexibility index (Phi) is 17.8. The Hall–Kier alpha value is -6.10. The van der Waals surface area contributed by atoms with E-state index in [1.54, 1.807) is 30.0 Å². The van der Waals surface area contributed by atoms with Gasteiger partial charge in [0.05, 0.1) is 49.6 Å². The minimum atomic E-state index is -1.54. The number of nitrogens with zero attached hydrogens (tertiary/aromatic N) is 3. The van der Waals surface area contributed by atoms with Crippen molar-refractivity contribution < 1.29 is 53.6 Å². The van der Waals surface area contributed by atoms with Crippen molar-refractivity contribution in [2.75, 3.05) is 52.8 Å². The second-order valence-corrected chi connectivity index (χ2v) is 17.2. The molecule has 1 saturated carbocycles. The highest BCUT2D eigenvalue weighted by Gasteiger charge is 2.65. The number of rotatable bonds is 25. The fourth-order valence-corrected chi connectivity index (χ4v) is 10.0. The number of hydrogen-bond acceptors (Lipinski definition) is 13. The Morgan fingerprint density at radius 1 is 0.912 bits per heavy atom. The minimum Gasteiger partial charge on any atom is -0.459 e. The highest BCUT2D eigenvalue weighted by molar-refractivity contribution is 6.03. The summed E-state index contributed by atoms with van der Waals surface area (Å²) in [6.45, 7) is 6.03. The topological polar surface area (TPSA) is 192 Å². The normalized spacial score (nSPS) is 22.0. The van der Waals surface area contributed by atoms with Crippen LogP contribution in [-0.2, 0) is 25.7 Å². The van der Waals surface area contributed by atoms with E-state index >= 15 is 0 Å².